The zero-order valence-corrected chi connectivity index (χ0v) is 10.9. The van der Waals surface area contributed by atoms with Crippen LogP contribution in [0.15, 0.2) is 18.2 Å². The molecule has 0 heterocycles. The molecule has 2 atom stereocenters. The first kappa shape index (κ1) is 12.4. The van der Waals surface area contributed by atoms with Crippen LogP contribution in [0.1, 0.15) is 23.5 Å². The lowest BCUT2D eigenvalue weighted by Gasteiger charge is -2.14. The molecule has 1 aliphatic carbocycles. The first-order valence-corrected chi connectivity index (χ1v) is 6.17. The molecule has 1 fully saturated rings. The number of ether oxygens (including phenoxy) is 1. The Morgan fingerprint density at radius 3 is 2.71 bits per heavy atom. The summed E-state index contributed by atoms with van der Waals surface area (Å²) in [5.74, 6) is 2.34. The van der Waals surface area contributed by atoms with Crippen LogP contribution in [0.25, 0.3) is 0 Å². The van der Waals surface area contributed by atoms with Gasteiger partial charge in [0.25, 0.3) is 0 Å². The maximum absolute atomic E-state index is 5.70. The second kappa shape index (κ2) is 5.07. The molecule has 3 heteroatoms. The number of benzene rings is 1. The third-order valence-electron chi connectivity index (χ3n) is 3.44. The van der Waals surface area contributed by atoms with E-state index in [0.717, 1.165) is 18.8 Å². The van der Waals surface area contributed by atoms with Crippen molar-refractivity contribution in [2.45, 2.75) is 18.9 Å². The number of rotatable bonds is 5. The molecule has 0 saturated heterocycles. The van der Waals surface area contributed by atoms with Crippen LogP contribution in [0.2, 0.25) is 0 Å². The van der Waals surface area contributed by atoms with Gasteiger partial charge < -0.3 is 15.4 Å². The summed E-state index contributed by atoms with van der Waals surface area (Å²) in [4.78, 5) is 2.16. The Hall–Kier alpha value is -1.06. The van der Waals surface area contributed by atoms with E-state index < -0.39 is 0 Å². The van der Waals surface area contributed by atoms with Gasteiger partial charge in [-0.1, -0.05) is 12.1 Å². The van der Waals surface area contributed by atoms with Crippen LogP contribution in [-0.4, -0.2) is 32.6 Å². The Bertz CT molecular complexity index is 390. The molecule has 0 aliphatic heterocycles. The summed E-state index contributed by atoms with van der Waals surface area (Å²) >= 11 is 0. The quantitative estimate of drug-likeness (QED) is 0.844. The first-order chi connectivity index (χ1) is 8.15. The molecular weight excluding hydrogens is 212 g/mol. The van der Waals surface area contributed by atoms with Crippen molar-refractivity contribution in [3.8, 4) is 5.75 Å². The Labute approximate surface area is 104 Å². The zero-order chi connectivity index (χ0) is 12.4. The number of hydrogen-bond donors (Lipinski definition) is 1. The molecule has 0 radical (unpaired) electrons. The Kier molecular flexibility index (Phi) is 3.69. The number of nitrogens with zero attached hydrogens (tertiary/aromatic N) is 1. The SMILES string of the molecule is COc1ccc(C2CC2CN)cc1CN(C)C. The lowest BCUT2D eigenvalue weighted by Crippen LogP contribution is -2.12. The first-order valence-electron chi connectivity index (χ1n) is 6.17. The fourth-order valence-electron chi connectivity index (χ4n) is 2.41. The van der Waals surface area contributed by atoms with Gasteiger partial charge in [-0.2, -0.15) is 0 Å². The summed E-state index contributed by atoms with van der Waals surface area (Å²) in [6.07, 6.45) is 1.24. The molecular formula is C14H22N2O. The maximum Gasteiger partial charge on any atom is 0.123 e. The van der Waals surface area contributed by atoms with E-state index in [1.807, 2.05) is 0 Å². The minimum atomic E-state index is 0.673. The highest BCUT2D eigenvalue weighted by Gasteiger charge is 2.37. The molecule has 0 spiro atoms. The largest absolute Gasteiger partial charge is 0.496 e. The molecule has 1 saturated carbocycles. The summed E-state index contributed by atoms with van der Waals surface area (Å²) < 4.78 is 5.40. The van der Waals surface area contributed by atoms with Crippen LogP contribution >= 0.6 is 0 Å². The molecule has 94 valence electrons. The lowest BCUT2D eigenvalue weighted by atomic mass is 10.0. The van der Waals surface area contributed by atoms with E-state index in [9.17, 15) is 0 Å². The minimum absolute atomic E-state index is 0.673. The average Bonchev–Trinajstić information content (AvgIpc) is 3.07. The molecule has 17 heavy (non-hydrogen) atoms. The molecule has 1 aliphatic rings. The molecule has 0 aromatic heterocycles. The van der Waals surface area contributed by atoms with Gasteiger partial charge in [-0.3, -0.25) is 0 Å². The summed E-state index contributed by atoms with van der Waals surface area (Å²) in [5.41, 5.74) is 8.38. The normalized spacial score (nSPS) is 22.9. The Morgan fingerprint density at radius 2 is 2.18 bits per heavy atom. The number of nitrogens with two attached hydrogens (primary N) is 1. The van der Waals surface area contributed by atoms with Crippen molar-refractivity contribution >= 4 is 0 Å². The van der Waals surface area contributed by atoms with Gasteiger partial charge in [0.05, 0.1) is 7.11 Å². The Balaban J connectivity index is 2.19. The van der Waals surface area contributed by atoms with Crippen molar-refractivity contribution in [1.29, 1.82) is 0 Å². The maximum atomic E-state index is 5.70. The van der Waals surface area contributed by atoms with E-state index in [0.29, 0.717) is 11.8 Å². The van der Waals surface area contributed by atoms with Gasteiger partial charge in [0.15, 0.2) is 0 Å². The molecule has 0 amide bonds. The highest BCUT2D eigenvalue weighted by molar-refractivity contribution is 5.40. The molecule has 1 aromatic rings. The second-order valence-corrected chi connectivity index (χ2v) is 5.15. The fraction of sp³-hybridized carbons (Fsp3) is 0.571. The highest BCUT2D eigenvalue weighted by Crippen LogP contribution is 2.47. The lowest BCUT2D eigenvalue weighted by molar-refractivity contribution is 0.371. The van der Waals surface area contributed by atoms with E-state index in [-0.39, 0.29) is 0 Å². The molecule has 1 aromatic carbocycles. The van der Waals surface area contributed by atoms with Gasteiger partial charge >= 0.3 is 0 Å². The summed E-state index contributed by atoms with van der Waals surface area (Å²) in [6, 6.07) is 6.54. The van der Waals surface area contributed by atoms with Crippen molar-refractivity contribution in [1.82, 2.24) is 4.90 Å². The van der Waals surface area contributed by atoms with Crippen molar-refractivity contribution in [2.75, 3.05) is 27.7 Å². The molecule has 3 nitrogen and oxygen atoms in total. The summed E-state index contributed by atoms with van der Waals surface area (Å²) in [5, 5.41) is 0. The van der Waals surface area contributed by atoms with E-state index >= 15 is 0 Å². The highest BCUT2D eigenvalue weighted by atomic mass is 16.5. The zero-order valence-electron chi connectivity index (χ0n) is 10.9. The second-order valence-electron chi connectivity index (χ2n) is 5.15. The van der Waals surface area contributed by atoms with Gasteiger partial charge in [0.2, 0.25) is 0 Å². The van der Waals surface area contributed by atoms with Crippen LogP contribution in [0.5, 0.6) is 5.75 Å². The monoisotopic (exact) mass is 234 g/mol. The fourth-order valence-corrected chi connectivity index (χ4v) is 2.41. The third-order valence-corrected chi connectivity index (χ3v) is 3.44. The third kappa shape index (κ3) is 2.79. The number of methoxy groups -OCH3 is 1. The molecule has 2 unspecified atom stereocenters. The van der Waals surface area contributed by atoms with Crippen LogP contribution in [0.3, 0.4) is 0 Å². The van der Waals surface area contributed by atoms with Crippen LogP contribution in [0, 0.1) is 5.92 Å². The van der Waals surface area contributed by atoms with Crippen molar-refractivity contribution in [3.63, 3.8) is 0 Å². The molecule has 2 N–H and O–H groups in total. The predicted molar refractivity (Wildman–Crippen MR) is 70.3 cm³/mol. The van der Waals surface area contributed by atoms with Gasteiger partial charge in [-0.05, 0) is 50.5 Å². The van der Waals surface area contributed by atoms with Crippen molar-refractivity contribution in [2.24, 2.45) is 11.7 Å². The summed E-state index contributed by atoms with van der Waals surface area (Å²) in [6.45, 7) is 1.72. The number of hydrogen-bond acceptors (Lipinski definition) is 3. The van der Waals surface area contributed by atoms with Crippen LogP contribution < -0.4 is 10.5 Å². The van der Waals surface area contributed by atoms with Gasteiger partial charge in [-0.25, -0.2) is 0 Å². The standard InChI is InChI=1S/C14H22N2O/c1-16(2)9-12-6-10(4-5-14(12)17-3)13-7-11(13)8-15/h4-6,11,13H,7-9,15H2,1-3H3. The van der Waals surface area contributed by atoms with E-state index in [1.165, 1.54) is 17.5 Å². The van der Waals surface area contributed by atoms with Crippen LogP contribution in [-0.2, 0) is 6.54 Å². The Morgan fingerprint density at radius 1 is 1.41 bits per heavy atom. The van der Waals surface area contributed by atoms with Gasteiger partial charge in [0, 0.05) is 12.1 Å². The molecule has 2 rings (SSSR count). The van der Waals surface area contributed by atoms with E-state index in [1.54, 1.807) is 7.11 Å². The summed E-state index contributed by atoms with van der Waals surface area (Å²) in [7, 11) is 5.88. The minimum Gasteiger partial charge on any atom is -0.496 e. The smallest absolute Gasteiger partial charge is 0.123 e. The topological polar surface area (TPSA) is 38.5 Å². The van der Waals surface area contributed by atoms with E-state index in [2.05, 4.69) is 37.2 Å². The van der Waals surface area contributed by atoms with Crippen molar-refractivity contribution in [3.05, 3.63) is 29.3 Å². The average molecular weight is 234 g/mol. The predicted octanol–water partition coefficient (Wildman–Crippen LogP) is 1.82. The van der Waals surface area contributed by atoms with Crippen LogP contribution in [0.4, 0.5) is 0 Å². The van der Waals surface area contributed by atoms with Gasteiger partial charge in [0.1, 0.15) is 5.75 Å². The van der Waals surface area contributed by atoms with Gasteiger partial charge in [-0.15, -0.1) is 0 Å². The van der Waals surface area contributed by atoms with E-state index in [4.69, 9.17) is 10.5 Å². The molecule has 0 bridgehead atoms. The van der Waals surface area contributed by atoms with Crippen molar-refractivity contribution < 1.29 is 4.74 Å².